The van der Waals surface area contributed by atoms with E-state index in [1.54, 1.807) is 41.3 Å². The summed E-state index contributed by atoms with van der Waals surface area (Å²) in [6.45, 7) is 0.462. The SMILES string of the molecule is O=C(Nc1ccc(N2Cc3ccccc3C2=O)c(Cl)c1)c1ncccc1Cl. The number of hydrogen-bond donors (Lipinski definition) is 1. The van der Waals surface area contributed by atoms with E-state index in [0.29, 0.717) is 28.5 Å². The van der Waals surface area contributed by atoms with E-state index in [9.17, 15) is 9.59 Å². The maximum atomic E-state index is 12.6. The fourth-order valence-electron chi connectivity index (χ4n) is 3.00. The van der Waals surface area contributed by atoms with E-state index in [1.807, 2.05) is 18.2 Å². The fraction of sp³-hybridized carbons (Fsp3) is 0.0500. The van der Waals surface area contributed by atoms with Crippen molar-refractivity contribution in [1.82, 2.24) is 4.98 Å². The second-order valence-corrected chi connectivity index (χ2v) is 6.82. The summed E-state index contributed by atoms with van der Waals surface area (Å²) in [5.41, 5.74) is 2.84. The molecule has 0 saturated carbocycles. The highest BCUT2D eigenvalue weighted by molar-refractivity contribution is 6.35. The van der Waals surface area contributed by atoms with Crippen LogP contribution in [-0.2, 0) is 6.54 Å². The van der Waals surface area contributed by atoms with Gasteiger partial charge in [0.2, 0.25) is 0 Å². The highest BCUT2D eigenvalue weighted by atomic mass is 35.5. The Hall–Kier alpha value is -2.89. The maximum absolute atomic E-state index is 12.6. The van der Waals surface area contributed by atoms with E-state index in [-0.39, 0.29) is 16.6 Å². The van der Waals surface area contributed by atoms with Gasteiger partial charge in [0.1, 0.15) is 5.69 Å². The van der Waals surface area contributed by atoms with Crippen LogP contribution in [0.4, 0.5) is 11.4 Å². The second-order valence-electron chi connectivity index (χ2n) is 6.00. The first-order chi connectivity index (χ1) is 13.0. The quantitative estimate of drug-likeness (QED) is 0.690. The van der Waals surface area contributed by atoms with Gasteiger partial charge in [0, 0.05) is 17.4 Å². The summed E-state index contributed by atoms with van der Waals surface area (Å²) in [6.07, 6.45) is 1.49. The molecule has 0 radical (unpaired) electrons. The van der Waals surface area contributed by atoms with E-state index in [1.165, 1.54) is 6.20 Å². The van der Waals surface area contributed by atoms with Crippen molar-refractivity contribution in [1.29, 1.82) is 0 Å². The van der Waals surface area contributed by atoms with E-state index in [4.69, 9.17) is 23.2 Å². The van der Waals surface area contributed by atoms with Gasteiger partial charge in [-0.2, -0.15) is 0 Å². The van der Waals surface area contributed by atoms with Gasteiger partial charge in [-0.3, -0.25) is 9.59 Å². The van der Waals surface area contributed by atoms with Gasteiger partial charge in [-0.15, -0.1) is 0 Å². The Morgan fingerprint density at radius 2 is 1.85 bits per heavy atom. The van der Waals surface area contributed by atoms with Crippen molar-refractivity contribution in [2.24, 2.45) is 0 Å². The van der Waals surface area contributed by atoms with Gasteiger partial charge in [-0.1, -0.05) is 41.4 Å². The van der Waals surface area contributed by atoms with Crippen LogP contribution in [0.25, 0.3) is 0 Å². The molecule has 1 aliphatic heterocycles. The molecular formula is C20H13Cl2N3O2. The number of nitrogens with zero attached hydrogens (tertiary/aromatic N) is 2. The lowest BCUT2D eigenvalue weighted by Gasteiger charge is -2.18. The molecule has 2 amide bonds. The molecule has 7 heteroatoms. The highest BCUT2D eigenvalue weighted by Crippen LogP contribution is 2.34. The van der Waals surface area contributed by atoms with Crippen molar-refractivity contribution in [3.8, 4) is 0 Å². The number of anilines is 2. The molecular weight excluding hydrogens is 385 g/mol. The number of pyridine rings is 1. The molecule has 0 bridgehead atoms. The number of fused-ring (bicyclic) bond motifs is 1. The van der Waals surface area contributed by atoms with Crippen LogP contribution in [0.3, 0.4) is 0 Å². The van der Waals surface area contributed by atoms with Gasteiger partial charge in [-0.05, 0) is 42.0 Å². The van der Waals surface area contributed by atoms with Crippen molar-refractivity contribution < 1.29 is 9.59 Å². The number of aromatic nitrogens is 1. The van der Waals surface area contributed by atoms with Gasteiger partial charge in [0.25, 0.3) is 11.8 Å². The van der Waals surface area contributed by atoms with Crippen molar-refractivity contribution in [2.45, 2.75) is 6.54 Å². The largest absolute Gasteiger partial charge is 0.321 e. The number of benzene rings is 2. The first-order valence-electron chi connectivity index (χ1n) is 8.16. The number of carbonyl (C=O) groups excluding carboxylic acids is 2. The molecule has 134 valence electrons. The zero-order valence-corrected chi connectivity index (χ0v) is 15.5. The molecule has 2 heterocycles. The van der Waals surface area contributed by atoms with Crippen molar-refractivity contribution >= 4 is 46.4 Å². The highest BCUT2D eigenvalue weighted by Gasteiger charge is 2.29. The molecule has 0 unspecified atom stereocenters. The Balaban J connectivity index is 1.56. The van der Waals surface area contributed by atoms with Gasteiger partial charge >= 0.3 is 0 Å². The fourth-order valence-corrected chi connectivity index (χ4v) is 3.49. The van der Waals surface area contributed by atoms with Crippen LogP contribution < -0.4 is 10.2 Å². The Morgan fingerprint density at radius 1 is 1.04 bits per heavy atom. The Morgan fingerprint density at radius 3 is 2.59 bits per heavy atom. The minimum atomic E-state index is -0.436. The summed E-state index contributed by atoms with van der Waals surface area (Å²) < 4.78 is 0. The Kier molecular flexibility index (Phi) is 4.56. The van der Waals surface area contributed by atoms with Crippen LogP contribution in [0.5, 0.6) is 0 Å². The van der Waals surface area contributed by atoms with Crippen molar-refractivity contribution in [3.05, 3.63) is 87.7 Å². The van der Waals surface area contributed by atoms with Gasteiger partial charge in [0.05, 0.1) is 22.3 Å². The smallest absolute Gasteiger partial charge is 0.275 e. The Labute approximate surface area is 165 Å². The lowest BCUT2D eigenvalue weighted by molar-refractivity contribution is 0.0993. The predicted molar refractivity (Wildman–Crippen MR) is 106 cm³/mol. The molecule has 2 aromatic carbocycles. The van der Waals surface area contributed by atoms with Crippen LogP contribution >= 0.6 is 23.2 Å². The molecule has 5 nitrogen and oxygen atoms in total. The molecule has 4 rings (SSSR count). The monoisotopic (exact) mass is 397 g/mol. The summed E-state index contributed by atoms with van der Waals surface area (Å²) in [5.74, 6) is -0.529. The molecule has 0 spiro atoms. The van der Waals surface area contributed by atoms with Crippen LogP contribution in [0.15, 0.2) is 60.8 Å². The first-order valence-corrected chi connectivity index (χ1v) is 8.91. The molecule has 0 fully saturated rings. The molecule has 1 aromatic heterocycles. The summed E-state index contributed by atoms with van der Waals surface area (Å²) in [6, 6.07) is 15.7. The molecule has 27 heavy (non-hydrogen) atoms. The number of carbonyl (C=O) groups is 2. The second kappa shape index (κ2) is 7.02. The maximum Gasteiger partial charge on any atom is 0.275 e. The topological polar surface area (TPSA) is 62.3 Å². The van der Waals surface area contributed by atoms with Crippen molar-refractivity contribution in [3.63, 3.8) is 0 Å². The molecule has 0 aliphatic carbocycles. The third-order valence-corrected chi connectivity index (χ3v) is 4.90. The number of nitrogens with one attached hydrogen (secondary N) is 1. The summed E-state index contributed by atoms with van der Waals surface area (Å²) in [5, 5.41) is 3.34. The number of amides is 2. The van der Waals surface area contributed by atoms with Crippen LogP contribution in [0.1, 0.15) is 26.4 Å². The average molecular weight is 398 g/mol. The van der Waals surface area contributed by atoms with E-state index >= 15 is 0 Å². The number of halogens is 2. The summed E-state index contributed by atoms with van der Waals surface area (Å²) in [4.78, 5) is 30.5. The number of rotatable bonds is 3. The molecule has 0 atom stereocenters. The van der Waals surface area contributed by atoms with Gasteiger partial charge in [0.15, 0.2) is 0 Å². The van der Waals surface area contributed by atoms with E-state index in [0.717, 1.165) is 5.56 Å². The summed E-state index contributed by atoms with van der Waals surface area (Å²) >= 11 is 12.4. The minimum Gasteiger partial charge on any atom is -0.321 e. The zero-order valence-electron chi connectivity index (χ0n) is 13.9. The van der Waals surface area contributed by atoms with Crippen LogP contribution in [-0.4, -0.2) is 16.8 Å². The van der Waals surface area contributed by atoms with Gasteiger partial charge < -0.3 is 10.2 Å². The van der Waals surface area contributed by atoms with Crippen LogP contribution in [0.2, 0.25) is 10.0 Å². The molecule has 1 N–H and O–H groups in total. The lowest BCUT2D eigenvalue weighted by Crippen LogP contribution is -2.23. The molecule has 3 aromatic rings. The third kappa shape index (κ3) is 3.27. The third-order valence-electron chi connectivity index (χ3n) is 4.29. The summed E-state index contributed by atoms with van der Waals surface area (Å²) in [7, 11) is 0. The lowest BCUT2D eigenvalue weighted by atomic mass is 10.1. The average Bonchev–Trinajstić information content (AvgIpc) is 2.99. The minimum absolute atomic E-state index is 0.0930. The van der Waals surface area contributed by atoms with Gasteiger partial charge in [-0.25, -0.2) is 4.98 Å². The standard InChI is InChI=1S/C20H13Cl2N3O2/c21-15-6-3-9-23-18(15)19(26)24-13-7-8-17(16(22)10-13)25-11-12-4-1-2-5-14(12)20(25)27/h1-10H,11H2,(H,24,26). The Bertz CT molecular complexity index is 1070. The van der Waals surface area contributed by atoms with E-state index < -0.39 is 5.91 Å². The van der Waals surface area contributed by atoms with Crippen molar-refractivity contribution in [2.75, 3.05) is 10.2 Å². The van der Waals surface area contributed by atoms with Crippen LogP contribution in [0, 0.1) is 0 Å². The normalized spacial score (nSPS) is 12.8. The zero-order chi connectivity index (χ0) is 19.0. The number of hydrogen-bond acceptors (Lipinski definition) is 3. The molecule has 0 saturated heterocycles. The first kappa shape index (κ1) is 17.5. The van der Waals surface area contributed by atoms with E-state index in [2.05, 4.69) is 10.3 Å². The molecule has 1 aliphatic rings. The predicted octanol–water partition coefficient (Wildman–Crippen LogP) is 4.80.